The molecule has 4 atom stereocenters. The van der Waals surface area contributed by atoms with E-state index < -0.39 is 158 Å². The number of carboxylic acid groups (broad SMARTS) is 1. The Bertz CT molecular complexity index is 3820. The maximum atomic E-state index is 15.0. The van der Waals surface area contributed by atoms with Gasteiger partial charge >= 0.3 is 59.5 Å². The Morgan fingerprint density at radius 3 is 1.28 bits per heavy atom. The fourth-order valence-electron chi connectivity index (χ4n) is 7.54. The van der Waals surface area contributed by atoms with Crippen LogP contribution >= 0.6 is 62.7 Å². The lowest BCUT2D eigenvalue weighted by Gasteiger charge is -2.16. The summed E-state index contributed by atoms with van der Waals surface area (Å²) in [5.41, 5.74) is -11.5. The zero-order chi connectivity index (χ0) is 68.9. The lowest BCUT2D eigenvalue weighted by molar-refractivity contribution is -0.166. The van der Waals surface area contributed by atoms with Crippen molar-refractivity contribution in [1.82, 2.24) is 28.1 Å². The molecule has 26 nitrogen and oxygen atoms in total. The van der Waals surface area contributed by atoms with E-state index in [1.165, 1.54) is 20.8 Å². The molecule has 4 heterocycles. The molecular formula is C53H55BrCl2F8N8O18S2. The molecule has 2 aliphatic heterocycles. The molecule has 2 saturated heterocycles. The van der Waals surface area contributed by atoms with Crippen LogP contribution in [0.4, 0.5) is 46.5 Å². The fourth-order valence-corrected chi connectivity index (χ4v) is 10.3. The first-order chi connectivity index (χ1) is 42.3. The van der Waals surface area contributed by atoms with Crippen molar-refractivity contribution in [2.24, 2.45) is 24.1 Å². The van der Waals surface area contributed by atoms with Gasteiger partial charge in [0.15, 0.2) is 16.4 Å². The molecule has 0 radical (unpaired) electrons. The van der Waals surface area contributed by atoms with Crippen LogP contribution in [0.25, 0.3) is 11.4 Å². The minimum absolute atomic E-state index is 0. The van der Waals surface area contributed by atoms with Gasteiger partial charge in [0, 0.05) is 26.2 Å². The second kappa shape index (κ2) is 33.6. The first-order valence-corrected chi connectivity index (χ1v) is 29.4. The van der Waals surface area contributed by atoms with Crippen molar-refractivity contribution < 1.29 is 102 Å². The Kier molecular flexibility index (Phi) is 28.6. The van der Waals surface area contributed by atoms with E-state index in [1.54, 1.807) is 20.8 Å². The van der Waals surface area contributed by atoms with Crippen molar-refractivity contribution in [3.8, 4) is 11.4 Å². The third kappa shape index (κ3) is 20.1. The van der Waals surface area contributed by atoms with Gasteiger partial charge < -0.3 is 28.8 Å². The second-order valence-corrected chi connectivity index (χ2v) is 22.6. The molecule has 39 heteroatoms. The molecule has 4 unspecified atom stereocenters. The van der Waals surface area contributed by atoms with Crippen LogP contribution in [-0.2, 0) is 88.5 Å². The van der Waals surface area contributed by atoms with Gasteiger partial charge in [0.05, 0.1) is 72.1 Å². The number of alkyl halides is 7. The maximum Gasteiger partial charge on any atom is 0.431 e. The smallest absolute Gasteiger partial charge is 0.431 e. The minimum atomic E-state index is -5.06. The monoisotopic (exact) mass is 1460 g/mol. The molecule has 2 fully saturated rings. The number of hydrogen-bond donors (Lipinski definition) is 1. The van der Waals surface area contributed by atoms with Gasteiger partial charge in [0.2, 0.25) is 11.8 Å². The van der Waals surface area contributed by atoms with Crippen molar-refractivity contribution in [3.05, 3.63) is 111 Å². The van der Waals surface area contributed by atoms with Crippen molar-refractivity contribution >= 4 is 132 Å². The van der Waals surface area contributed by atoms with Gasteiger partial charge in [-0.15, -0.1) is 0 Å². The summed E-state index contributed by atoms with van der Waals surface area (Å²) in [6, 6.07) is 3.09. The number of aliphatic imine (C=N–C) groups is 2. The molecule has 0 aliphatic carbocycles. The summed E-state index contributed by atoms with van der Waals surface area (Å²) in [4.78, 5) is 156. The molecule has 0 bridgehead atoms. The average Bonchev–Trinajstić information content (AvgIpc) is 0.908. The summed E-state index contributed by atoms with van der Waals surface area (Å²) < 4.78 is 134. The molecule has 0 spiro atoms. The molecule has 2 aromatic heterocycles. The number of ether oxygens (including phenoxy) is 5. The summed E-state index contributed by atoms with van der Waals surface area (Å²) in [5, 5.41) is 5.44. The highest BCUT2D eigenvalue weighted by Crippen LogP contribution is 2.38. The average molecular weight is 1460 g/mol. The Balaban J connectivity index is 0.000000429. The van der Waals surface area contributed by atoms with Gasteiger partial charge in [0.1, 0.15) is 51.4 Å². The highest BCUT2D eigenvalue weighted by atomic mass is 79.9. The summed E-state index contributed by atoms with van der Waals surface area (Å²) in [7, 11) is 1.48. The minimum Gasteiger partial charge on any atom is -0.481 e. The molecule has 504 valence electrons. The molecule has 4 aromatic rings. The van der Waals surface area contributed by atoms with Gasteiger partial charge in [-0.05, 0) is 65.8 Å². The van der Waals surface area contributed by atoms with Crippen molar-refractivity contribution in [2.75, 3.05) is 39.5 Å². The van der Waals surface area contributed by atoms with E-state index in [-0.39, 0.29) is 95.2 Å². The first kappa shape index (κ1) is 78.3. The molecule has 6 rings (SSSR count). The Labute approximate surface area is 541 Å². The number of amidine groups is 2. The molecule has 0 saturated carbocycles. The quantitative estimate of drug-likeness (QED) is 0.0427. The summed E-state index contributed by atoms with van der Waals surface area (Å²) in [5.74, 6) is -9.07. The number of esters is 5. The lowest BCUT2D eigenvalue weighted by Crippen LogP contribution is -2.41. The van der Waals surface area contributed by atoms with E-state index >= 15 is 0 Å². The van der Waals surface area contributed by atoms with E-state index in [0.717, 1.165) is 36.0 Å². The van der Waals surface area contributed by atoms with E-state index in [2.05, 4.69) is 30.7 Å². The van der Waals surface area contributed by atoms with Crippen LogP contribution in [0, 0.1) is 11.6 Å². The third-order valence-corrected chi connectivity index (χ3v) is 15.0. The predicted molar refractivity (Wildman–Crippen MR) is 319 cm³/mol. The molecular weight excluding hydrogens is 1400 g/mol. The summed E-state index contributed by atoms with van der Waals surface area (Å²) in [6.07, 6.45) is -12.6. The number of amides is 2. The first-order valence-electron chi connectivity index (χ1n) is 26.0. The standard InChI is InChI=1S/C26H25ClF4N4O9S.C21H17ClF4N4O7S.C5H9BrO2.CH4/c1-5-42-21(38)11-34-22(39)17(9-20(37)44-12(3)23(40)43-6-2)45-24(34)32-15-8-16(14(28)7-13(15)27)35-19(36)10-18(26(29,30)31)33(4)25(35)41;1-3-37-17(34)8-29-18(35)13(6-16(32)33)38-19(29)27-11-5-12(10(23)4-9(11)22)30-15(31)7-14(21(24,25)26)28(2)20(30)36;1-3-8-5(7)4(2)6;/h7-8,10,12,17H,5-6,9,11H2,1-4H3;4-5,7,13H,3,6,8H2,1-2H3,(H,32,33);4H,3H2,1-2H3;1H4. The van der Waals surface area contributed by atoms with E-state index in [4.69, 9.17) is 47.3 Å². The van der Waals surface area contributed by atoms with Gasteiger partial charge in [-0.25, -0.2) is 42.3 Å². The summed E-state index contributed by atoms with van der Waals surface area (Å²) in [6.45, 7) is 8.51. The van der Waals surface area contributed by atoms with Gasteiger partial charge in [0.25, 0.3) is 11.1 Å². The second-order valence-electron chi connectivity index (χ2n) is 18.1. The van der Waals surface area contributed by atoms with Crippen LogP contribution < -0.4 is 22.5 Å². The number of carbonyl (C=O) groups excluding carboxylic acids is 7. The van der Waals surface area contributed by atoms with Gasteiger partial charge in [-0.1, -0.05) is 70.1 Å². The number of hydrogen-bond acceptors (Lipinski definition) is 21. The fraction of sp³-hybridized carbons (Fsp3) is 0.434. The zero-order valence-corrected chi connectivity index (χ0v) is 53.1. The van der Waals surface area contributed by atoms with Crippen LogP contribution in [0.1, 0.15) is 73.2 Å². The highest BCUT2D eigenvalue weighted by molar-refractivity contribution is 9.10. The van der Waals surface area contributed by atoms with Gasteiger partial charge in [-0.3, -0.25) is 62.1 Å². The molecule has 92 heavy (non-hydrogen) atoms. The lowest BCUT2D eigenvalue weighted by atomic mass is 10.2. The van der Waals surface area contributed by atoms with Crippen molar-refractivity contribution in [1.29, 1.82) is 0 Å². The Morgan fingerprint density at radius 2 is 0.957 bits per heavy atom. The number of rotatable bonds is 19. The molecule has 2 aromatic carbocycles. The number of thioether (sulfide) groups is 2. The molecule has 2 amide bonds. The SMILES string of the molecule is C.CCOC(=O)C(C)Br.CCOC(=O)CN1C(=O)C(CC(=O)O)SC1=Nc1cc(-n2c(=O)cc(C(F)(F)F)n(C)c2=O)c(F)cc1Cl.CCOC(=O)CN1C(=O)C(CC(=O)OC(C)C(=O)OCC)SC1=Nc1cc(-n2c(=O)cc(C(F)(F)F)n(C)c2=O)c(F)cc1Cl. The maximum absolute atomic E-state index is 15.0. The number of halogens is 11. The van der Waals surface area contributed by atoms with E-state index in [9.17, 15) is 92.7 Å². The largest absolute Gasteiger partial charge is 0.481 e. The number of aliphatic carboxylic acids is 1. The predicted octanol–water partition coefficient (Wildman–Crippen LogP) is 7.01. The zero-order valence-electron chi connectivity index (χ0n) is 48.4. The number of carbonyl (C=O) groups is 8. The van der Waals surface area contributed by atoms with E-state index in [0.29, 0.717) is 42.3 Å². The molecule has 1 N–H and O–H groups in total. The Morgan fingerprint density at radius 1 is 0.598 bits per heavy atom. The van der Waals surface area contributed by atoms with Crippen LogP contribution in [0.2, 0.25) is 10.0 Å². The van der Waals surface area contributed by atoms with Crippen molar-refractivity contribution in [3.63, 3.8) is 0 Å². The highest BCUT2D eigenvalue weighted by Gasteiger charge is 2.43. The third-order valence-electron chi connectivity index (χ3n) is 11.6. The normalized spacial score (nSPS) is 16.2. The number of aromatic nitrogens is 4. The number of carboxylic acids is 1. The van der Waals surface area contributed by atoms with E-state index in [1.807, 2.05) is 0 Å². The van der Waals surface area contributed by atoms with Crippen LogP contribution in [0.5, 0.6) is 0 Å². The van der Waals surface area contributed by atoms with Crippen LogP contribution in [-0.4, -0.2) is 152 Å². The van der Waals surface area contributed by atoms with Crippen molar-refractivity contribution in [2.45, 2.75) is 95.6 Å². The number of nitrogens with zero attached hydrogens (tertiary/aromatic N) is 8. The van der Waals surface area contributed by atoms with Gasteiger partial charge in [-0.2, -0.15) is 26.3 Å². The molecule has 2 aliphatic rings. The number of benzene rings is 2. The van der Waals surface area contributed by atoms with Crippen LogP contribution in [0.3, 0.4) is 0 Å². The Hall–Kier alpha value is -7.90. The topological polar surface area (TPSA) is 322 Å². The summed E-state index contributed by atoms with van der Waals surface area (Å²) >= 11 is 16.6. The van der Waals surface area contributed by atoms with Crippen LogP contribution in [0.15, 0.2) is 65.6 Å².